The summed E-state index contributed by atoms with van der Waals surface area (Å²) in [6, 6.07) is 4.73. The van der Waals surface area contributed by atoms with Gasteiger partial charge in [0.25, 0.3) is 5.89 Å². The molecule has 0 N–H and O–H groups in total. The number of hydrogen-bond acceptors (Lipinski definition) is 7. The molecule has 0 fully saturated rings. The molecule has 0 aliphatic carbocycles. The predicted octanol–water partition coefficient (Wildman–Crippen LogP) is 2.72. The number of halogens is 1. The maximum atomic E-state index is 13.3. The third-order valence-corrected chi connectivity index (χ3v) is 3.46. The van der Waals surface area contributed by atoms with Gasteiger partial charge in [0.2, 0.25) is 11.6 Å². The first kappa shape index (κ1) is 14.4. The molecule has 0 amide bonds. The van der Waals surface area contributed by atoms with Gasteiger partial charge in [0.15, 0.2) is 11.5 Å². The lowest BCUT2D eigenvalue weighted by molar-refractivity contribution is 0.165. The first-order valence-electron chi connectivity index (χ1n) is 7.17. The maximum Gasteiger partial charge on any atom is 0.258 e. The Hall–Kier alpha value is -3.16. The number of methoxy groups -OCH3 is 1. The minimum Gasteiger partial charge on any atom is -0.493 e. The molecule has 0 spiro atoms. The maximum absolute atomic E-state index is 13.3. The molecule has 0 radical (unpaired) electrons. The lowest BCUT2D eigenvalue weighted by Crippen LogP contribution is -2.16. The highest BCUT2D eigenvalue weighted by Crippen LogP contribution is 2.42. The Labute approximate surface area is 136 Å². The van der Waals surface area contributed by atoms with Gasteiger partial charge in [-0.3, -0.25) is 4.98 Å². The number of rotatable bonds is 3. The molecule has 0 saturated carbocycles. The quantitative estimate of drug-likeness (QED) is 0.731. The number of nitrogens with zero attached hydrogens (tertiary/aromatic N) is 3. The second-order valence-electron chi connectivity index (χ2n) is 5.02. The predicted molar refractivity (Wildman–Crippen MR) is 80.5 cm³/mol. The number of ether oxygens (including phenoxy) is 3. The van der Waals surface area contributed by atoms with Gasteiger partial charge >= 0.3 is 0 Å². The third-order valence-electron chi connectivity index (χ3n) is 3.46. The standard InChI is InChI=1S/C16H12FN3O4/c1-21-12-5-9(6-13-14(12)23-3-2-22-13)16-19-15(20-24-16)10-4-11(17)8-18-7-10/h4-8H,2-3H2,1H3. The van der Waals surface area contributed by atoms with Crippen molar-refractivity contribution >= 4 is 0 Å². The van der Waals surface area contributed by atoms with E-state index < -0.39 is 5.82 Å². The van der Waals surface area contributed by atoms with E-state index in [0.717, 1.165) is 6.20 Å². The van der Waals surface area contributed by atoms with Crippen molar-refractivity contribution in [1.29, 1.82) is 0 Å². The van der Waals surface area contributed by atoms with Gasteiger partial charge in [-0.25, -0.2) is 4.39 Å². The van der Waals surface area contributed by atoms with Gasteiger partial charge in [-0.2, -0.15) is 4.98 Å². The number of pyridine rings is 1. The molecule has 4 rings (SSSR count). The van der Waals surface area contributed by atoms with Crippen molar-refractivity contribution in [1.82, 2.24) is 15.1 Å². The molecule has 7 nitrogen and oxygen atoms in total. The van der Waals surface area contributed by atoms with Crippen LogP contribution in [0.3, 0.4) is 0 Å². The van der Waals surface area contributed by atoms with Crippen molar-refractivity contribution in [2.45, 2.75) is 0 Å². The number of hydrogen-bond donors (Lipinski definition) is 0. The van der Waals surface area contributed by atoms with E-state index in [1.807, 2.05) is 0 Å². The first-order chi connectivity index (χ1) is 11.7. The Kier molecular flexibility index (Phi) is 3.49. The van der Waals surface area contributed by atoms with E-state index in [9.17, 15) is 4.39 Å². The van der Waals surface area contributed by atoms with Gasteiger partial charge in [0, 0.05) is 17.3 Å². The van der Waals surface area contributed by atoms with E-state index >= 15 is 0 Å². The van der Waals surface area contributed by atoms with Crippen LogP contribution >= 0.6 is 0 Å². The molecule has 8 heteroatoms. The van der Waals surface area contributed by atoms with Crippen molar-refractivity contribution in [2.75, 3.05) is 20.3 Å². The van der Waals surface area contributed by atoms with Crippen LogP contribution in [0.25, 0.3) is 22.8 Å². The summed E-state index contributed by atoms with van der Waals surface area (Å²) in [6.07, 6.45) is 2.57. The normalized spacial score (nSPS) is 12.9. The molecule has 0 saturated heterocycles. The zero-order valence-electron chi connectivity index (χ0n) is 12.7. The van der Waals surface area contributed by atoms with Crippen LogP contribution in [0.5, 0.6) is 17.2 Å². The molecular weight excluding hydrogens is 317 g/mol. The van der Waals surface area contributed by atoms with Crippen molar-refractivity contribution in [3.63, 3.8) is 0 Å². The van der Waals surface area contributed by atoms with Crippen LogP contribution < -0.4 is 14.2 Å². The average Bonchev–Trinajstić information content (AvgIpc) is 3.11. The van der Waals surface area contributed by atoms with Crippen LogP contribution in [-0.2, 0) is 0 Å². The van der Waals surface area contributed by atoms with Crippen molar-refractivity contribution in [3.05, 3.63) is 36.4 Å². The van der Waals surface area contributed by atoms with Crippen LogP contribution in [0, 0.1) is 5.82 Å². The summed E-state index contributed by atoms with van der Waals surface area (Å²) >= 11 is 0. The van der Waals surface area contributed by atoms with Crippen LogP contribution in [0.2, 0.25) is 0 Å². The highest BCUT2D eigenvalue weighted by atomic mass is 19.1. The van der Waals surface area contributed by atoms with E-state index in [0.29, 0.717) is 41.6 Å². The molecule has 0 atom stereocenters. The summed E-state index contributed by atoms with van der Waals surface area (Å²) in [6.45, 7) is 0.906. The Morgan fingerprint density at radius 3 is 2.79 bits per heavy atom. The molecule has 24 heavy (non-hydrogen) atoms. The second-order valence-corrected chi connectivity index (χ2v) is 5.02. The van der Waals surface area contributed by atoms with E-state index in [-0.39, 0.29) is 11.7 Å². The molecule has 0 unspecified atom stereocenters. The molecule has 3 heterocycles. The summed E-state index contributed by atoms with van der Waals surface area (Å²) in [7, 11) is 1.54. The van der Waals surface area contributed by atoms with Crippen LogP contribution in [-0.4, -0.2) is 35.4 Å². The zero-order chi connectivity index (χ0) is 16.5. The topological polar surface area (TPSA) is 79.5 Å². The SMILES string of the molecule is COc1cc(-c2nc(-c3cncc(F)c3)no2)cc2c1OCCO2. The highest BCUT2D eigenvalue weighted by Gasteiger charge is 2.21. The van der Waals surface area contributed by atoms with Gasteiger partial charge in [0.05, 0.1) is 13.3 Å². The van der Waals surface area contributed by atoms with Crippen molar-refractivity contribution in [2.24, 2.45) is 0 Å². The number of benzene rings is 1. The molecule has 0 bridgehead atoms. The zero-order valence-corrected chi connectivity index (χ0v) is 12.7. The fourth-order valence-corrected chi connectivity index (χ4v) is 2.39. The molecule has 2 aromatic heterocycles. The highest BCUT2D eigenvalue weighted by molar-refractivity contribution is 5.67. The van der Waals surface area contributed by atoms with Crippen LogP contribution in [0.4, 0.5) is 4.39 Å². The minimum atomic E-state index is -0.472. The first-order valence-corrected chi connectivity index (χ1v) is 7.17. The molecule has 122 valence electrons. The van der Waals surface area contributed by atoms with Crippen LogP contribution in [0.15, 0.2) is 35.1 Å². The summed E-state index contributed by atoms with van der Waals surface area (Å²) in [5.74, 6) is 1.62. The van der Waals surface area contributed by atoms with Gasteiger partial charge < -0.3 is 18.7 Å². The van der Waals surface area contributed by atoms with E-state index in [4.69, 9.17) is 18.7 Å². The summed E-state index contributed by atoms with van der Waals surface area (Å²) in [4.78, 5) is 8.05. The third kappa shape index (κ3) is 2.51. The molecule has 1 aliphatic heterocycles. The summed E-state index contributed by atoms with van der Waals surface area (Å²) in [5, 5.41) is 3.87. The van der Waals surface area contributed by atoms with Crippen molar-refractivity contribution < 1.29 is 23.1 Å². The number of fused-ring (bicyclic) bond motifs is 1. The minimum absolute atomic E-state index is 0.242. The second kappa shape index (κ2) is 5.80. The monoisotopic (exact) mass is 329 g/mol. The summed E-state index contributed by atoms with van der Waals surface area (Å²) in [5.41, 5.74) is 1.04. The molecule has 1 aromatic carbocycles. The molecule has 3 aromatic rings. The van der Waals surface area contributed by atoms with E-state index in [2.05, 4.69) is 15.1 Å². The lowest BCUT2D eigenvalue weighted by Gasteiger charge is -2.20. The van der Waals surface area contributed by atoms with Gasteiger partial charge in [0.1, 0.15) is 19.0 Å². The fourth-order valence-electron chi connectivity index (χ4n) is 2.39. The average molecular weight is 329 g/mol. The van der Waals surface area contributed by atoms with E-state index in [1.165, 1.54) is 19.4 Å². The van der Waals surface area contributed by atoms with Gasteiger partial charge in [-0.1, -0.05) is 5.16 Å². The Morgan fingerprint density at radius 1 is 1.08 bits per heavy atom. The smallest absolute Gasteiger partial charge is 0.258 e. The van der Waals surface area contributed by atoms with E-state index in [1.54, 1.807) is 12.1 Å². The molecule has 1 aliphatic rings. The Morgan fingerprint density at radius 2 is 1.96 bits per heavy atom. The van der Waals surface area contributed by atoms with Gasteiger partial charge in [-0.15, -0.1) is 0 Å². The Bertz CT molecular complexity index is 880. The van der Waals surface area contributed by atoms with Crippen LogP contribution in [0.1, 0.15) is 0 Å². The van der Waals surface area contributed by atoms with Crippen molar-refractivity contribution in [3.8, 4) is 40.1 Å². The lowest BCUT2D eigenvalue weighted by atomic mass is 10.1. The molecular formula is C16H12FN3O4. The fraction of sp³-hybridized carbons (Fsp3) is 0.188. The Balaban J connectivity index is 1.74. The summed E-state index contributed by atoms with van der Waals surface area (Å²) < 4.78 is 35.0. The number of aromatic nitrogens is 3. The largest absolute Gasteiger partial charge is 0.493 e. The van der Waals surface area contributed by atoms with Gasteiger partial charge in [-0.05, 0) is 18.2 Å².